The van der Waals surface area contributed by atoms with E-state index in [0.717, 1.165) is 28.1 Å². The van der Waals surface area contributed by atoms with Crippen molar-refractivity contribution in [2.75, 3.05) is 16.8 Å². The molecule has 2 aliphatic heterocycles. The summed E-state index contributed by atoms with van der Waals surface area (Å²) < 4.78 is 0. The number of anilines is 2. The Labute approximate surface area is 199 Å². The van der Waals surface area contributed by atoms with Crippen LogP contribution in [0.4, 0.5) is 16.2 Å². The highest BCUT2D eigenvalue weighted by Gasteiger charge is 2.38. The molecular formula is C26H28ClN3O3. The van der Waals surface area contributed by atoms with Crippen molar-refractivity contribution in [2.24, 2.45) is 0 Å². The average molecular weight is 466 g/mol. The van der Waals surface area contributed by atoms with Gasteiger partial charge in [0.2, 0.25) is 0 Å². The summed E-state index contributed by atoms with van der Waals surface area (Å²) in [6.07, 6.45) is 3.09. The molecule has 1 N–H and O–H groups in total. The van der Waals surface area contributed by atoms with E-state index in [1.807, 2.05) is 38.2 Å². The summed E-state index contributed by atoms with van der Waals surface area (Å²) in [5.41, 5.74) is 3.89. The van der Waals surface area contributed by atoms with Gasteiger partial charge in [-0.1, -0.05) is 43.6 Å². The minimum absolute atomic E-state index is 0.0114. The molecule has 1 unspecified atom stereocenters. The third-order valence-corrected chi connectivity index (χ3v) is 7.09. The number of aryl methyl sites for hydroxylation is 1. The highest BCUT2D eigenvalue weighted by molar-refractivity contribution is 6.40. The Morgan fingerprint density at radius 1 is 1.15 bits per heavy atom. The molecule has 0 aromatic heterocycles. The Kier molecular flexibility index (Phi) is 5.83. The van der Waals surface area contributed by atoms with E-state index in [1.165, 1.54) is 6.08 Å². The van der Waals surface area contributed by atoms with Crippen molar-refractivity contribution in [1.82, 2.24) is 5.32 Å². The van der Waals surface area contributed by atoms with Gasteiger partial charge in [-0.15, -0.1) is 0 Å². The van der Waals surface area contributed by atoms with Crippen molar-refractivity contribution in [3.05, 3.63) is 63.7 Å². The third kappa shape index (κ3) is 3.93. The molecule has 1 fully saturated rings. The number of fused-ring (bicyclic) bond motifs is 1. The average Bonchev–Trinajstić information content (AvgIpc) is 2.75. The maximum Gasteiger partial charge on any atom is 0.335 e. The molecule has 7 heteroatoms. The number of urea groups is 1. The number of hydrogen-bond donors (Lipinski definition) is 1. The van der Waals surface area contributed by atoms with Gasteiger partial charge in [0.25, 0.3) is 11.8 Å². The van der Waals surface area contributed by atoms with Gasteiger partial charge in [-0.05, 0) is 73.6 Å². The van der Waals surface area contributed by atoms with Gasteiger partial charge in [0.1, 0.15) is 5.57 Å². The number of nitrogens with one attached hydrogen (secondary N) is 1. The second kappa shape index (κ2) is 8.34. The first-order valence-corrected chi connectivity index (χ1v) is 11.5. The zero-order valence-corrected chi connectivity index (χ0v) is 20.3. The number of imide groups is 2. The molecule has 6 nitrogen and oxygen atoms in total. The topological polar surface area (TPSA) is 69.7 Å². The predicted molar refractivity (Wildman–Crippen MR) is 132 cm³/mol. The van der Waals surface area contributed by atoms with Crippen molar-refractivity contribution >= 4 is 46.9 Å². The van der Waals surface area contributed by atoms with E-state index < -0.39 is 17.8 Å². The number of para-hydroxylation sites is 1. The second-order valence-electron chi connectivity index (χ2n) is 9.35. The van der Waals surface area contributed by atoms with Gasteiger partial charge in [0.05, 0.1) is 5.69 Å². The van der Waals surface area contributed by atoms with Crippen LogP contribution < -0.4 is 15.1 Å². The SMILES string of the molecule is CCc1ccccc1N1C(=O)NC(=O)/C(=C/c2cc3c(cc2Cl)N(C)C(C)(C)CC3C)C1=O. The fraction of sp³-hybridized carbons (Fsp3) is 0.346. The van der Waals surface area contributed by atoms with Crippen LogP contribution in [0, 0.1) is 0 Å². The fourth-order valence-corrected chi connectivity index (χ4v) is 4.99. The lowest BCUT2D eigenvalue weighted by Crippen LogP contribution is -2.54. The van der Waals surface area contributed by atoms with Gasteiger partial charge in [-0.25, -0.2) is 9.69 Å². The Hall–Kier alpha value is -3.12. The van der Waals surface area contributed by atoms with E-state index in [2.05, 4.69) is 31.0 Å². The van der Waals surface area contributed by atoms with Crippen molar-refractivity contribution in [1.29, 1.82) is 0 Å². The van der Waals surface area contributed by atoms with Gasteiger partial charge in [0, 0.05) is 23.3 Å². The Morgan fingerprint density at radius 3 is 2.55 bits per heavy atom. The maximum atomic E-state index is 13.3. The van der Waals surface area contributed by atoms with Crippen LogP contribution in [-0.4, -0.2) is 30.4 Å². The van der Waals surface area contributed by atoms with Gasteiger partial charge in [0.15, 0.2) is 0 Å². The van der Waals surface area contributed by atoms with E-state index >= 15 is 0 Å². The van der Waals surface area contributed by atoms with Crippen LogP contribution >= 0.6 is 11.6 Å². The molecule has 172 valence electrons. The van der Waals surface area contributed by atoms with Gasteiger partial charge in [-0.3, -0.25) is 14.9 Å². The van der Waals surface area contributed by atoms with Crippen molar-refractivity contribution in [2.45, 2.75) is 52.0 Å². The molecule has 0 aliphatic carbocycles. The minimum atomic E-state index is -0.753. The number of hydrogen-bond acceptors (Lipinski definition) is 4. The molecule has 4 amide bonds. The van der Waals surface area contributed by atoms with Gasteiger partial charge in [-0.2, -0.15) is 0 Å². The molecular weight excluding hydrogens is 438 g/mol. The van der Waals surface area contributed by atoms with Crippen LogP contribution in [0.2, 0.25) is 5.02 Å². The lowest BCUT2D eigenvalue weighted by atomic mass is 9.80. The van der Waals surface area contributed by atoms with Crippen molar-refractivity contribution < 1.29 is 14.4 Å². The molecule has 0 spiro atoms. The second-order valence-corrected chi connectivity index (χ2v) is 9.76. The smallest absolute Gasteiger partial charge is 0.335 e. The molecule has 2 aromatic rings. The van der Waals surface area contributed by atoms with E-state index in [0.29, 0.717) is 22.7 Å². The maximum absolute atomic E-state index is 13.3. The number of rotatable bonds is 3. The number of halogens is 1. The Morgan fingerprint density at radius 2 is 1.85 bits per heavy atom. The summed E-state index contributed by atoms with van der Waals surface area (Å²) in [5, 5.41) is 2.74. The first-order valence-electron chi connectivity index (χ1n) is 11.1. The summed E-state index contributed by atoms with van der Waals surface area (Å²) in [4.78, 5) is 41.8. The number of nitrogens with zero attached hydrogens (tertiary/aromatic N) is 2. The summed E-state index contributed by atoms with van der Waals surface area (Å²) >= 11 is 6.62. The first kappa shape index (κ1) is 23.1. The summed E-state index contributed by atoms with van der Waals surface area (Å²) in [6.45, 7) is 8.50. The van der Waals surface area contributed by atoms with Crippen LogP contribution in [0.3, 0.4) is 0 Å². The predicted octanol–water partition coefficient (Wildman–Crippen LogP) is 5.29. The first-order chi connectivity index (χ1) is 15.5. The van der Waals surface area contributed by atoms with Crippen LogP contribution in [0.5, 0.6) is 0 Å². The lowest BCUT2D eigenvalue weighted by Gasteiger charge is -2.45. The van der Waals surface area contributed by atoms with Crippen LogP contribution in [0.15, 0.2) is 42.0 Å². The van der Waals surface area contributed by atoms with E-state index in [4.69, 9.17) is 11.6 Å². The lowest BCUT2D eigenvalue weighted by molar-refractivity contribution is -0.122. The van der Waals surface area contributed by atoms with E-state index in [9.17, 15) is 14.4 Å². The quantitative estimate of drug-likeness (QED) is 0.494. The zero-order valence-electron chi connectivity index (χ0n) is 19.5. The highest BCUT2D eigenvalue weighted by Crippen LogP contribution is 2.44. The number of amides is 4. The van der Waals surface area contributed by atoms with E-state index in [-0.39, 0.29) is 17.0 Å². The van der Waals surface area contributed by atoms with Gasteiger partial charge >= 0.3 is 6.03 Å². The molecule has 0 bridgehead atoms. The molecule has 0 radical (unpaired) electrons. The number of carbonyl (C=O) groups excluding carboxylic acids is 3. The van der Waals surface area contributed by atoms with Crippen molar-refractivity contribution in [3.8, 4) is 0 Å². The fourth-order valence-electron chi connectivity index (χ4n) is 4.77. The molecule has 0 saturated carbocycles. The normalized spacial score (nSPS) is 21.3. The monoisotopic (exact) mass is 465 g/mol. The standard InChI is InChI=1S/C26H28ClN3O3/c1-6-16-9-7-8-10-21(16)30-24(32)19(23(31)28-25(30)33)12-17-11-18-15(2)14-26(3,4)29(5)22(18)13-20(17)27/h7-13,15H,6,14H2,1-5H3,(H,28,31,33)/b19-12-. The minimum Gasteiger partial charge on any atom is -0.369 e. The molecule has 4 rings (SSSR count). The molecule has 33 heavy (non-hydrogen) atoms. The molecule has 2 aromatic carbocycles. The summed E-state index contributed by atoms with van der Waals surface area (Å²) in [7, 11) is 2.05. The summed E-state index contributed by atoms with van der Waals surface area (Å²) in [5.74, 6) is -1.11. The van der Waals surface area contributed by atoms with Crippen molar-refractivity contribution in [3.63, 3.8) is 0 Å². The zero-order chi connectivity index (χ0) is 24.1. The van der Waals surface area contributed by atoms with Crippen LogP contribution in [-0.2, 0) is 16.0 Å². The number of barbiturate groups is 1. The van der Waals surface area contributed by atoms with E-state index in [1.54, 1.807) is 12.1 Å². The molecule has 1 atom stereocenters. The largest absolute Gasteiger partial charge is 0.369 e. The molecule has 1 saturated heterocycles. The van der Waals surface area contributed by atoms with Crippen LogP contribution in [0.25, 0.3) is 6.08 Å². The Balaban J connectivity index is 1.79. The highest BCUT2D eigenvalue weighted by atomic mass is 35.5. The molecule has 2 aliphatic rings. The number of benzene rings is 2. The Bertz CT molecular complexity index is 1200. The molecule has 2 heterocycles. The van der Waals surface area contributed by atoms with Crippen LogP contribution in [0.1, 0.15) is 56.7 Å². The third-order valence-electron chi connectivity index (χ3n) is 6.77. The summed E-state index contributed by atoms with van der Waals surface area (Å²) in [6, 6.07) is 10.3. The number of carbonyl (C=O) groups is 3. The van der Waals surface area contributed by atoms with Gasteiger partial charge < -0.3 is 4.90 Å².